The van der Waals surface area contributed by atoms with Gasteiger partial charge < -0.3 is 20.1 Å². The van der Waals surface area contributed by atoms with E-state index < -0.39 is 5.97 Å². The summed E-state index contributed by atoms with van der Waals surface area (Å²) in [5.41, 5.74) is -0.120. The van der Waals surface area contributed by atoms with Gasteiger partial charge in [0, 0.05) is 20.2 Å². The highest BCUT2D eigenvalue weighted by Gasteiger charge is 2.17. The fourth-order valence-corrected chi connectivity index (χ4v) is 1.87. The van der Waals surface area contributed by atoms with Gasteiger partial charge >= 0.3 is 12.0 Å². The summed E-state index contributed by atoms with van der Waals surface area (Å²) in [5, 5.41) is 18.6. The van der Waals surface area contributed by atoms with Gasteiger partial charge in [-0.2, -0.15) is 0 Å². The number of carbonyl (C=O) groups is 2. The number of aromatic carboxylic acids is 1. The molecular formula is C12H21N5O4. The molecule has 1 rings (SSSR count). The molecule has 0 spiro atoms. The van der Waals surface area contributed by atoms with Gasteiger partial charge in [-0.3, -0.25) is 0 Å². The molecule has 0 radical (unpaired) electrons. The normalized spacial score (nSPS) is 12.0. The van der Waals surface area contributed by atoms with E-state index in [0.717, 1.165) is 0 Å². The number of carboxylic acids is 1. The number of hydrogen-bond donors (Lipinski definition) is 2. The van der Waals surface area contributed by atoms with E-state index in [1.54, 1.807) is 12.0 Å². The Labute approximate surface area is 122 Å². The third-order valence-corrected chi connectivity index (χ3v) is 2.92. The molecule has 1 aromatic rings. The smallest absolute Gasteiger partial charge is 0.358 e. The van der Waals surface area contributed by atoms with Crippen molar-refractivity contribution in [1.82, 2.24) is 25.2 Å². The van der Waals surface area contributed by atoms with Gasteiger partial charge in [0.1, 0.15) is 0 Å². The average Bonchev–Trinajstić information content (AvgIpc) is 2.89. The zero-order valence-electron chi connectivity index (χ0n) is 12.4. The molecule has 118 valence electrons. The molecule has 9 heteroatoms. The molecule has 2 N–H and O–H groups in total. The summed E-state index contributed by atoms with van der Waals surface area (Å²) in [6.45, 7) is 5.51. The maximum Gasteiger partial charge on any atom is 0.358 e. The second kappa shape index (κ2) is 8.20. The second-order valence-electron chi connectivity index (χ2n) is 4.49. The third-order valence-electron chi connectivity index (χ3n) is 2.92. The van der Waals surface area contributed by atoms with Crippen LogP contribution in [0.2, 0.25) is 0 Å². The van der Waals surface area contributed by atoms with Gasteiger partial charge in [-0.1, -0.05) is 5.21 Å². The van der Waals surface area contributed by atoms with Crippen LogP contribution in [0, 0.1) is 0 Å². The van der Waals surface area contributed by atoms with Gasteiger partial charge in [-0.25, -0.2) is 14.3 Å². The van der Waals surface area contributed by atoms with Crippen LogP contribution >= 0.6 is 0 Å². The van der Waals surface area contributed by atoms with Gasteiger partial charge in [0.15, 0.2) is 5.69 Å². The lowest BCUT2D eigenvalue weighted by Crippen LogP contribution is -2.47. The number of carboxylic acid groups (broad SMARTS) is 1. The quantitative estimate of drug-likeness (QED) is 0.701. The largest absolute Gasteiger partial charge is 0.476 e. The van der Waals surface area contributed by atoms with Gasteiger partial charge in [0.25, 0.3) is 0 Å². The second-order valence-corrected chi connectivity index (χ2v) is 4.49. The molecule has 9 nitrogen and oxygen atoms in total. The highest BCUT2D eigenvalue weighted by Crippen LogP contribution is 2.00. The first-order chi connectivity index (χ1) is 9.99. The standard InChI is InChI=1S/C12H21N5O4/c1-4-17(9(2)8-21-3)12(20)13-5-6-16-7-10(11(18)19)14-15-16/h7,9H,4-6,8H2,1-3H3,(H,13,20)(H,18,19). The molecule has 0 aliphatic heterocycles. The number of rotatable bonds is 8. The van der Waals surface area contributed by atoms with Crippen molar-refractivity contribution in [2.24, 2.45) is 0 Å². The van der Waals surface area contributed by atoms with Crippen LogP contribution in [0.25, 0.3) is 0 Å². The number of urea groups is 1. The fraction of sp³-hybridized carbons (Fsp3) is 0.667. The van der Waals surface area contributed by atoms with Crippen LogP contribution in [0.4, 0.5) is 4.79 Å². The Morgan fingerprint density at radius 1 is 1.57 bits per heavy atom. The van der Waals surface area contributed by atoms with E-state index in [9.17, 15) is 9.59 Å². The summed E-state index contributed by atoms with van der Waals surface area (Å²) in [5.74, 6) is -1.13. The zero-order chi connectivity index (χ0) is 15.8. The maximum atomic E-state index is 12.0. The number of hydrogen-bond acceptors (Lipinski definition) is 5. The fourth-order valence-electron chi connectivity index (χ4n) is 1.87. The predicted molar refractivity (Wildman–Crippen MR) is 74.1 cm³/mol. The van der Waals surface area contributed by atoms with Gasteiger partial charge in [0.05, 0.1) is 25.4 Å². The van der Waals surface area contributed by atoms with Crippen molar-refractivity contribution in [1.29, 1.82) is 0 Å². The molecule has 0 aliphatic rings. The summed E-state index contributed by atoms with van der Waals surface area (Å²) < 4.78 is 6.41. The molecule has 0 saturated heterocycles. The van der Waals surface area contributed by atoms with E-state index in [1.807, 2.05) is 13.8 Å². The van der Waals surface area contributed by atoms with E-state index in [4.69, 9.17) is 9.84 Å². The zero-order valence-corrected chi connectivity index (χ0v) is 12.4. The number of amides is 2. The van der Waals surface area contributed by atoms with Crippen molar-refractivity contribution in [2.75, 3.05) is 26.8 Å². The van der Waals surface area contributed by atoms with Crippen LogP contribution in [-0.2, 0) is 11.3 Å². The number of nitrogens with one attached hydrogen (secondary N) is 1. The van der Waals surface area contributed by atoms with Crippen LogP contribution in [0.5, 0.6) is 0 Å². The predicted octanol–water partition coefficient (Wildman–Crippen LogP) is 0.0427. The molecule has 0 aliphatic carbocycles. The topological polar surface area (TPSA) is 110 Å². The minimum absolute atomic E-state index is 0.0232. The molecule has 0 bridgehead atoms. The van der Waals surface area contributed by atoms with Crippen molar-refractivity contribution in [2.45, 2.75) is 26.4 Å². The monoisotopic (exact) mass is 299 g/mol. The number of likely N-dealkylation sites (N-methyl/N-ethyl adjacent to an activating group) is 1. The molecule has 0 saturated carbocycles. The Kier molecular flexibility index (Phi) is 6.60. The van der Waals surface area contributed by atoms with Crippen molar-refractivity contribution < 1.29 is 19.4 Å². The molecule has 1 unspecified atom stereocenters. The van der Waals surface area contributed by atoms with Crippen molar-refractivity contribution in [3.05, 3.63) is 11.9 Å². The Bertz CT molecular complexity index is 476. The number of carbonyl (C=O) groups excluding carboxylic acids is 1. The Balaban J connectivity index is 2.42. The average molecular weight is 299 g/mol. The number of methoxy groups -OCH3 is 1. The summed E-state index contributed by atoms with van der Waals surface area (Å²) >= 11 is 0. The van der Waals surface area contributed by atoms with E-state index in [2.05, 4.69) is 15.6 Å². The lowest BCUT2D eigenvalue weighted by atomic mass is 10.3. The van der Waals surface area contributed by atoms with Gasteiger partial charge in [-0.05, 0) is 13.8 Å². The van der Waals surface area contributed by atoms with Crippen LogP contribution in [-0.4, -0.2) is 69.8 Å². The number of aromatic nitrogens is 3. The van der Waals surface area contributed by atoms with Crippen molar-refractivity contribution in [3.63, 3.8) is 0 Å². The minimum Gasteiger partial charge on any atom is -0.476 e. The highest BCUT2D eigenvalue weighted by molar-refractivity contribution is 5.84. The molecule has 1 heterocycles. The lowest BCUT2D eigenvalue weighted by molar-refractivity contribution is 0.0690. The minimum atomic E-state index is -1.13. The summed E-state index contributed by atoms with van der Waals surface area (Å²) in [4.78, 5) is 24.3. The number of ether oxygens (including phenoxy) is 1. The van der Waals surface area contributed by atoms with Gasteiger partial charge in [-0.15, -0.1) is 5.10 Å². The Morgan fingerprint density at radius 3 is 2.81 bits per heavy atom. The van der Waals surface area contributed by atoms with Crippen LogP contribution in [0.1, 0.15) is 24.3 Å². The molecule has 21 heavy (non-hydrogen) atoms. The molecular weight excluding hydrogens is 278 g/mol. The highest BCUT2D eigenvalue weighted by atomic mass is 16.5. The summed E-state index contributed by atoms with van der Waals surface area (Å²) in [6, 6.07) is -0.217. The molecule has 1 aromatic heterocycles. The Hall–Kier alpha value is -2.16. The molecule has 2 amide bonds. The first-order valence-corrected chi connectivity index (χ1v) is 6.66. The van der Waals surface area contributed by atoms with E-state index in [1.165, 1.54) is 10.9 Å². The van der Waals surface area contributed by atoms with Gasteiger partial charge in [0.2, 0.25) is 0 Å². The molecule has 0 aromatic carbocycles. The lowest BCUT2D eigenvalue weighted by Gasteiger charge is -2.27. The van der Waals surface area contributed by atoms with Crippen molar-refractivity contribution >= 4 is 12.0 Å². The molecule has 1 atom stereocenters. The van der Waals surface area contributed by atoms with E-state index in [0.29, 0.717) is 26.2 Å². The van der Waals surface area contributed by atoms with Crippen LogP contribution < -0.4 is 5.32 Å². The van der Waals surface area contributed by atoms with Crippen LogP contribution in [0.3, 0.4) is 0 Å². The number of nitrogens with zero attached hydrogens (tertiary/aromatic N) is 4. The third kappa shape index (κ3) is 5.03. The SMILES string of the molecule is CCN(C(=O)NCCn1cc(C(=O)O)nn1)C(C)COC. The van der Waals surface area contributed by atoms with Crippen molar-refractivity contribution in [3.8, 4) is 0 Å². The van der Waals surface area contributed by atoms with Crippen LogP contribution in [0.15, 0.2) is 6.20 Å². The Morgan fingerprint density at radius 2 is 2.29 bits per heavy atom. The summed E-state index contributed by atoms with van der Waals surface area (Å²) in [7, 11) is 1.59. The van der Waals surface area contributed by atoms with E-state index in [-0.39, 0.29) is 17.8 Å². The maximum absolute atomic E-state index is 12.0. The first-order valence-electron chi connectivity index (χ1n) is 6.66. The molecule has 0 fully saturated rings. The summed E-state index contributed by atoms with van der Waals surface area (Å²) in [6.07, 6.45) is 1.32. The first kappa shape index (κ1) is 16.9. The van der Waals surface area contributed by atoms with E-state index >= 15 is 0 Å².